The lowest BCUT2D eigenvalue weighted by Crippen LogP contribution is -2.47. The van der Waals surface area contributed by atoms with E-state index in [-0.39, 0.29) is 28.5 Å². The number of aromatic nitrogens is 1. The molecular formula is C20H17FN4O4. The fourth-order valence-corrected chi connectivity index (χ4v) is 2.63. The van der Waals surface area contributed by atoms with Crippen LogP contribution < -0.4 is 15.6 Å². The Morgan fingerprint density at radius 3 is 2.55 bits per heavy atom. The maximum atomic E-state index is 13.6. The number of amides is 2. The van der Waals surface area contributed by atoms with Gasteiger partial charge in [0.1, 0.15) is 23.0 Å². The van der Waals surface area contributed by atoms with Crippen LogP contribution in [0.3, 0.4) is 0 Å². The van der Waals surface area contributed by atoms with E-state index in [1.807, 2.05) is 6.07 Å². The topological polar surface area (TPSA) is 109 Å². The van der Waals surface area contributed by atoms with Crippen LogP contribution in [0.2, 0.25) is 0 Å². The van der Waals surface area contributed by atoms with Crippen LogP contribution in [0.25, 0.3) is 5.88 Å². The standard InChI is InChI=1S/C20H17FN4O4/c1-12-17(14(11-22)20(29-12)25-9-5-6-10-25)19(27)24-23-18(26)13(2)28-16-8-4-3-7-15(16)21/h3-10,13H,1-2H3,(H,23,26)(H,24,27). The Hall–Kier alpha value is -4.06. The fourth-order valence-electron chi connectivity index (χ4n) is 2.63. The molecule has 1 aromatic carbocycles. The van der Waals surface area contributed by atoms with Crippen molar-refractivity contribution >= 4 is 11.8 Å². The summed E-state index contributed by atoms with van der Waals surface area (Å²) in [6.45, 7) is 2.94. The van der Waals surface area contributed by atoms with Gasteiger partial charge in [-0.25, -0.2) is 4.39 Å². The van der Waals surface area contributed by atoms with Crippen LogP contribution in [0.15, 0.2) is 53.2 Å². The van der Waals surface area contributed by atoms with E-state index in [0.717, 1.165) is 0 Å². The highest BCUT2D eigenvalue weighted by Gasteiger charge is 2.25. The van der Waals surface area contributed by atoms with E-state index >= 15 is 0 Å². The van der Waals surface area contributed by atoms with Crippen molar-refractivity contribution in [1.29, 1.82) is 5.26 Å². The Bertz CT molecular complexity index is 1080. The van der Waals surface area contributed by atoms with E-state index in [1.54, 1.807) is 35.2 Å². The Morgan fingerprint density at radius 1 is 1.21 bits per heavy atom. The predicted octanol–water partition coefficient (Wildman–Crippen LogP) is 2.62. The van der Waals surface area contributed by atoms with E-state index < -0.39 is 23.7 Å². The van der Waals surface area contributed by atoms with Crippen LogP contribution in [0.4, 0.5) is 4.39 Å². The Kier molecular flexibility index (Phi) is 5.64. The first kappa shape index (κ1) is 19.7. The molecule has 0 bridgehead atoms. The van der Waals surface area contributed by atoms with Crippen LogP contribution >= 0.6 is 0 Å². The SMILES string of the molecule is Cc1oc(-n2cccc2)c(C#N)c1C(=O)NNC(=O)C(C)Oc1ccccc1F. The van der Waals surface area contributed by atoms with E-state index in [1.165, 1.54) is 32.0 Å². The minimum absolute atomic E-state index is 0.000764. The number of rotatable bonds is 5. The van der Waals surface area contributed by atoms with Crippen molar-refractivity contribution in [1.82, 2.24) is 15.4 Å². The monoisotopic (exact) mass is 396 g/mol. The summed E-state index contributed by atoms with van der Waals surface area (Å²) in [6.07, 6.45) is 2.26. The highest BCUT2D eigenvalue weighted by molar-refractivity contribution is 5.99. The van der Waals surface area contributed by atoms with Crippen molar-refractivity contribution in [2.45, 2.75) is 20.0 Å². The zero-order chi connectivity index (χ0) is 21.0. The number of carbonyl (C=O) groups excluding carboxylic acids is 2. The van der Waals surface area contributed by atoms with Gasteiger partial charge in [-0.05, 0) is 38.1 Å². The second kappa shape index (κ2) is 8.31. The van der Waals surface area contributed by atoms with Crippen molar-refractivity contribution in [2.75, 3.05) is 0 Å². The van der Waals surface area contributed by atoms with Gasteiger partial charge in [-0.2, -0.15) is 5.26 Å². The largest absolute Gasteiger partial charge is 0.478 e. The van der Waals surface area contributed by atoms with Crippen LogP contribution in [-0.4, -0.2) is 22.5 Å². The third-order valence-corrected chi connectivity index (χ3v) is 4.05. The first-order valence-corrected chi connectivity index (χ1v) is 8.60. The highest BCUT2D eigenvalue weighted by Crippen LogP contribution is 2.25. The first-order valence-electron chi connectivity index (χ1n) is 8.60. The quantitative estimate of drug-likeness (QED) is 0.645. The van der Waals surface area contributed by atoms with Gasteiger partial charge >= 0.3 is 0 Å². The molecule has 3 rings (SSSR count). The van der Waals surface area contributed by atoms with Crippen LogP contribution in [0.1, 0.15) is 28.6 Å². The number of para-hydroxylation sites is 1. The molecule has 0 aliphatic rings. The van der Waals surface area contributed by atoms with Crippen LogP contribution in [-0.2, 0) is 4.79 Å². The third-order valence-electron chi connectivity index (χ3n) is 4.05. The number of furan rings is 1. The van der Waals surface area contributed by atoms with Crippen molar-refractivity contribution in [3.8, 4) is 17.7 Å². The molecule has 0 spiro atoms. The van der Waals surface area contributed by atoms with Gasteiger partial charge in [0.25, 0.3) is 11.8 Å². The highest BCUT2D eigenvalue weighted by atomic mass is 19.1. The summed E-state index contributed by atoms with van der Waals surface area (Å²) in [6, 6.07) is 11.1. The van der Waals surface area contributed by atoms with Gasteiger partial charge in [-0.3, -0.25) is 25.0 Å². The Balaban J connectivity index is 1.69. The maximum Gasteiger partial charge on any atom is 0.279 e. The zero-order valence-electron chi connectivity index (χ0n) is 15.6. The molecule has 1 unspecified atom stereocenters. The minimum Gasteiger partial charge on any atom is -0.478 e. The zero-order valence-corrected chi connectivity index (χ0v) is 15.6. The van der Waals surface area contributed by atoms with E-state index in [4.69, 9.17) is 9.15 Å². The van der Waals surface area contributed by atoms with Gasteiger partial charge in [0, 0.05) is 12.4 Å². The van der Waals surface area contributed by atoms with Crippen molar-refractivity contribution in [3.05, 3.63) is 71.5 Å². The van der Waals surface area contributed by atoms with Crippen molar-refractivity contribution in [3.63, 3.8) is 0 Å². The summed E-state index contributed by atoms with van der Waals surface area (Å²) in [5.41, 5.74) is 4.45. The molecule has 0 aliphatic carbocycles. The first-order chi connectivity index (χ1) is 13.9. The molecule has 0 saturated heterocycles. The van der Waals surface area contributed by atoms with Gasteiger partial charge in [-0.1, -0.05) is 12.1 Å². The summed E-state index contributed by atoms with van der Waals surface area (Å²) in [7, 11) is 0. The lowest BCUT2D eigenvalue weighted by atomic mass is 10.1. The van der Waals surface area contributed by atoms with Gasteiger partial charge in [-0.15, -0.1) is 0 Å². The number of hydrogen-bond donors (Lipinski definition) is 2. The number of hydrazine groups is 1. The van der Waals surface area contributed by atoms with Gasteiger partial charge < -0.3 is 9.15 Å². The number of aryl methyl sites for hydroxylation is 1. The number of hydrogen-bond acceptors (Lipinski definition) is 5. The molecule has 1 atom stereocenters. The molecule has 2 aromatic heterocycles. The second-order valence-corrected chi connectivity index (χ2v) is 6.05. The fraction of sp³-hybridized carbons (Fsp3) is 0.150. The molecule has 148 valence electrons. The van der Waals surface area contributed by atoms with Gasteiger partial charge in [0.2, 0.25) is 5.88 Å². The molecule has 3 aromatic rings. The molecule has 0 fully saturated rings. The molecule has 29 heavy (non-hydrogen) atoms. The summed E-state index contributed by atoms with van der Waals surface area (Å²) in [5, 5.41) is 9.47. The normalized spacial score (nSPS) is 11.4. The van der Waals surface area contributed by atoms with E-state index in [0.29, 0.717) is 0 Å². The number of halogens is 1. The number of nitriles is 1. The number of benzene rings is 1. The number of nitrogens with zero attached hydrogens (tertiary/aromatic N) is 2. The smallest absolute Gasteiger partial charge is 0.279 e. The molecule has 8 nitrogen and oxygen atoms in total. The summed E-state index contributed by atoms with van der Waals surface area (Å²) in [4.78, 5) is 24.7. The molecule has 2 heterocycles. The van der Waals surface area contributed by atoms with Crippen LogP contribution in [0, 0.1) is 24.1 Å². The summed E-state index contributed by atoms with van der Waals surface area (Å²) >= 11 is 0. The van der Waals surface area contributed by atoms with Crippen LogP contribution in [0.5, 0.6) is 5.75 Å². The van der Waals surface area contributed by atoms with Crippen molar-refractivity contribution in [2.24, 2.45) is 0 Å². The molecular weight excluding hydrogens is 379 g/mol. The lowest BCUT2D eigenvalue weighted by molar-refractivity contribution is -0.128. The predicted molar refractivity (Wildman–Crippen MR) is 99.6 cm³/mol. The molecule has 0 aliphatic heterocycles. The summed E-state index contributed by atoms with van der Waals surface area (Å²) in [5.74, 6) is -1.72. The van der Waals surface area contributed by atoms with E-state index in [2.05, 4.69) is 10.9 Å². The number of nitrogens with one attached hydrogen (secondary N) is 2. The molecule has 2 amide bonds. The Labute approximate surface area is 165 Å². The number of carbonyl (C=O) groups is 2. The molecule has 0 saturated carbocycles. The summed E-state index contributed by atoms with van der Waals surface area (Å²) < 4.78 is 26.0. The molecule has 9 heteroatoms. The van der Waals surface area contributed by atoms with Crippen molar-refractivity contribution < 1.29 is 23.1 Å². The average molecular weight is 396 g/mol. The van der Waals surface area contributed by atoms with E-state index in [9.17, 15) is 19.2 Å². The number of ether oxygens (including phenoxy) is 1. The van der Waals surface area contributed by atoms with Gasteiger partial charge in [0.05, 0.1) is 0 Å². The average Bonchev–Trinajstić information content (AvgIpc) is 3.34. The van der Waals surface area contributed by atoms with Gasteiger partial charge in [0.15, 0.2) is 17.7 Å². The Morgan fingerprint density at radius 2 is 1.90 bits per heavy atom. The maximum absolute atomic E-state index is 13.6. The lowest BCUT2D eigenvalue weighted by Gasteiger charge is -2.15. The molecule has 0 radical (unpaired) electrons. The minimum atomic E-state index is -1.08. The molecule has 2 N–H and O–H groups in total. The third kappa shape index (κ3) is 4.11. The second-order valence-electron chi connectivity index (χ2n) is 6.05.